The second-order valence-corrected chi connectivity index (χ2v) is 4.10. The van der Waals surface area contributed by atoms with Crippen molar-refractivity contribution in [3.05, 3.63) is 29.7 Å². The third-order valence-corrected chi connectivity index (χ3v) is 2.78. The van der Waals surface area contributed by atoms with Crippen LogP contribution in [0.1, 0.15) is 12.7 Å². The molecule has 2 rings (SSSR count). The van der Waals surface area contributed by atoms with Gasteiger partial charge in [0.2, 0.25) is 5.13 Å². The normalized spacial score (nSPS) is 10.2. The Morgan fingerprint density at radius 1 is 1.65 bits per heavy atom. The van der Waals surface area contributed by atoms with E-state index in [0.717, 1.165) is 5.76 Å². The Morgan fingerprint density at radius 3 is 3.12 bits per heavy atom. The molecule has 1 N–H and O–H groups in total. The highest BCUT2D eigenvalue weighted by Gasteiger charge is 2.14. The second kappa shape index (κ2) is 5.44. The molecule has 17 heavy (non-hydrogen) atoms. The number of amides is 2. The van der Waals surface area contributed by atoms with Crippen molar-refractivity contribution < 1.29 is 9.21 Å². The first-order valence-electron chi connectivity index (χ1n) is 5.14. The lowest BCUT2D eigenvalue weighted by molar-refractivity contribution is 0.207. The maximum atomic E-state index is 11.9. The molecule has 0 radical (unpaired) electrons. The van der Waals surface area contributed by atoms with Crippen molar-refractivity contribution in [3.63, 3.8) is 0 Å². The topological polar surface area (TPSA) is 71.3 Å². The maximum absolute atomic E-state index is 11.9. The molecule has 90 valence electrons. The van der Waals surface area contributed by atoms with Gasteiger partial charge in [0, 0.05) is 6.54 Å². The molecular formula is C10H12N4O2S. The van der Waals surface area contributed by atoms with Crippen LogP contribution in [0.4, 0.5) is 9.93 Å². The summed E-state index contributed by atoms with van der Waals surface area (Å²) in [6.45, 7) is 2.93. The SMILES string of the molecule is CCN(Cc1ccco1)C(=O)Nc1nncs1. The molecule has 0 saturated carbocycles. The molecular weight excluding hydrogens is 240 g/mol. The van der Waals surface area contributed by atoms with Gasteiger partial charge in [-0.15, -0.1) is 10.2 Å². The van der Waals surface area contributed by atoms with Crippen LogP contribution in [-0.2, 0) is 6.54 Å². The molecule has 0 unspecified atom stereocenters. The quantitative estimate of drug-likeness (QED) is 0.905. The largest absolute Gasteiger partial charge is 0.467 e. The van der Waals surface area contributed by atoms with E-state index in [4.69, 9.17) is 4.42 Å². The van der Waals surface area contributed by atoms with E-state index in [1.807, 2.05) is 13.0 Å². The predicted octanol–water partition coefficient (Wildman–Crippen LogP) is 2.19. The molecule has 0 bridgehead atoms. The van der Waals surface area contributed by atoms with Gasteiger partial charge in [-0.1, -0.05) is 11.3 Å². The van der Waals surface area contributed by atoms with Gasteiger partial charge >= 0.3 is 6.03 Å². The molecule has 0 aliphatic heterocycles. The lowest BCUT2D eigenvalue weighted by atomic mass is 10.4. The lowest BCUT2D eigenvalue weighted by Crippen LogP contribution is -2.34. The van der Waals surface area contributed by atoms with E-state index in [0.29, 0.717) is 18.2 Å². The number of anilines is 1. The fourth-order valence-electron chi connectivity index (χ4n) is 1.32. The van der Waals surface area contributed by atoms with Crippen LogP contribution in [0, 0.1) is 0 Å². The average molecular weight is 252 g/mol. The summed E-state index contributed by atoms with van der Waals surface area (Å²) in [7, 11) is 0. The summed E-state index contributed by atoms with van der Waals surface area (Å²) in [4.78, 5) is 13.5. The van der Waals surface area contributed by atoms with Gasteiger partial charge in [-0.2, -0.15) is 0 Å². The molecule has 2 aromatic rings. The zero-order chi connectivity index (χ0) is 12.1. The predicted molar refractivity (Wildman–Crippen MR) is 63.7 cm³/mol. The van der Waals surface area contributed by atoms with E-state index in [9.17, 15) is 4.79 Å². The van der Waals surface area contributed by atoms with Gasteiger partial charge in [0.05, 0.1) is 12.8 Å². The fourth-order valence-corrected chi connectivity index (χ4v) is 1.75. The van der Waals surface area contributed by atoms with E-state index < -0.39 is 0 Å². The van der Waals surface area contributed by atoms with E-state index >= 15 is 0 Å². The fraction of sp³-hybridized carbons (Fsp3) is 0.300. The molecule has 6 nitrogen and oxygen atoms in total. The minimum absolute atomic E-state index is 0.208. The molecule has 0 aliphatic rings. The first-order valence-corrected chi connectivity index (χ1v) is 6.02. The van der Waals surface area contributed by atoms with Crippen molar-refractivity contribution in [1.82, 2.24) is 15.1 Å². The summed E-state index contributed by atoms with van der Waals surface area (Å²) >= 11 is 1.28. The minimum atomic E-state index is -0.208. The summed E-state index contributed by atoms with van der Waals surface area (Å²) in [5, 5.41) is 10.6. The Labute approximate surface area is 102 Å². The maximum Gasteiger partial charge on any atom is 0.324 e. The van der Waals surface area contributed by atoms with E-state index in [1.54, 1.807) is 22.7 Å². The zero-order valence-electron chi connectivity index (χ0n) is 9.29. The highest BCUT2D eigenvalue weighted by Crippen LogP contribution is 2.11. The number of aromatic nitrogens is 2. The summed E-state index contributed by atoms with van der Waals surface area (Å²) < 4.78 is 5.20. The minimum Gasteiger partial charge on any atom is -0.467 e. The van der Waals surface area contributed by atoms with Gasteiger partial charge < -0.3 is 9.32 Å². The third-order valence-electron chi connectivity index (χ3n) is 2.17. The van der Waals surface area contributed by atoms with E-state index in [1.165, 1.54) is 11.3 Å². The van der Waals surface area contributed by atoms with Gasteiger partial charge in [-0.3, -0.25) is 5.32 Å². The first kappa shape index (κ1) is 11.6. The Morgan fingerprint density at radius 2 is 2.53 bits per heavy atom. The van der Waals surface area contributed by atoms with Crippen LogP contribution < -0.4 is 5.32 Å². The van der Waals surface area contributed by atoms with Crippen LogP contribution in [0.2, 0.25) is 0 Å². The number of nitrogens with zero attached hydrogens (tertiary/aromatic N) is 3. The monoisotopic (exact) mass is 252 g/mol. The molecule has 0 saturated heterocycles. The smallest absolute Gasteiger partial charge is 0.324 e. The molecule has 2 amide bonds. The molecule has 2 heterocycles. The van der Waals surface area contributed by atoms with Gasteiger partial charge in [0.15, 0.2) is 0 Å². The number of rotatable bonds is 4. The number of hydrogen-bond donors (Lipinski definition) is 1. The molecule has 2 aromatic heterocycles. The van der Waals surface area contributed by atoms with Crippen molar-refractivity contribution in [2.75, 3.05) is 11.9 Å². The molecule has 0 spiro atoms. The Kier molecular flexibility index (Phi) is 3.71. The summed E-state index contributed by atoms with van der Waals surface area (Å²) in [5.74, 6) is 0.749. The molecule has 0 aliphatic carbocycles. The van der Waals surface area contributed by atoms with Crippen molar-refractivity contribution in [3.8, 4) is 0 Å². The van der Waals surface area contributed by atoms with Crippen LogP contribution in [0.25, 0.3) is 0 Å². The zero-order valence-corrected chi connectivity index (χ0v) is 10.1. The van der Waals surface area contributed by atoms with E-state index in [-0.39, 0.29) is 6.03 Å². The lowest BCUT2D eigenvalue weighted by Gasteiger charge is -2.18. The number of carbonyl (C=O) groups excluding carboxylic acids is 1. The van der Waals surface area contributed by atoms with Crippen LogP contribution in [0.3, 0.4) is 0 Å². The molecule has 0 atom stereocenters. The van der Waals surface area contributed by atoms with Crippen molar-refractivity contribution in [1.29, 1.82) is 0 Å². The Hall–Kier alpha value is -1.89. The van der Waals surface area contributed by atoms with Crippen molar-refractivity contribution in [2.24, 2.45) is 0 Å². The first-order chi connectivity index (χ1) is 8.29. The van der Waals surface area contributed by atoms with Crippen LogP contribution in [0.15, 0.2) is 28.3 Å². The summed E-state index contributed by atoms with van der Waals surface area (Å²) in [6, 6.07) is 3.42. The van der Waals surface area contributed by atoms with Crippen LogP contribution in [-0.4, -0.2) is 27.7 Å². The van der Waals surface area contributed by atoms with Crippen LogP contribution >= 0.6 is 11.3 Å². The third kappa shape index (κ3) is 3.04. The standard InChI is InChI=1S/C10H12N4O2S/c1-2-14(6-8-4-3-5-16-8)10(15)12-9-13-11-7-17-9/h3-5,7H,2,6H2,1H3,(H,12,13,15). The van der Waals surface area contributed by atoms with Gasteiger partial charge in [0.1, 0.15) is 11.3 Å². The second-order valence-electron chi connectivity index (χ2n) is 3.27. The van der Waals surface area contributed by atoms with Gasteiger partial charge in [-0.05, 0) is 19.1 Å². The van der Waals surface area contributed by atoms with E-state index in [2.05, 4.69) is 15.5 Å². The number of hydrogen-bond acceptors (Lipinski definition) is 5. The highest BCUT2D eigenvalue weighted by molar-refractivity contribution is 7.13. The summed E-state index contributed by atoms with van der Waals surface area (Å²) in [6.07, 6.45) is 1.59. The number of carbonyl (C=O) groups is 1. The van der Waals surface area contributed by atoms with Crippen molar-refractivity contribution in [2.45, 2.75) is 13.5 Å². The molecule has 0 aromatic carbocycles. The Balaban J connectivity index is 1.96. The molecule has 7 heteroatoms. The van der Waals surface area contributed by atoms with Gasteiger partial charge in [-0.25, -0.2) is 4.79 Å². The highest BCUT2D eigenvalue weighted by atomic mass is 32.1. The summed E-state index contributed by atoms with van der Waals surface area (Å²) in [5.41, 5.74) is 1.57. The number of urea groups is 1. The van der Waals surface area contributed by atoms with Crippen LogP contribution in [0.5, 0.6) is 0 Å². The number of furan rings is 1. The average Bonchev–Trinajstić information content (AvgIpc) is 2.97. The van der Waals surface area contributed by atoms with Gasteiger partial charge in [0.25, 0.3) is 0 Å². The number of nitrogens with one attached hydrogen (secondary N) is 1. The molecule has 0 fully saturated rings. The van der Waals surface area contributed by atoms with Crippen molar-refractivity contribution >= 4 is 22.5 Å². The Bertz CT molecular complexity index is 455.